The van der Waals surface area contributed by atoms with Crippen molar-refractivity contribution < 1.29 is 9.90 Å². The molecular weight excluding hydrogens is 308 g/mol. The molecule has 0 bridgehead atoms. The van der Waals surface area contributed by atoms with Crippen LogP contribution in [-0.2, 0) is 4.79 Å². The molecule has 0 aliphatic carbocycles. The van der Waals surface area contributed by atoms with E-state index in [0.717, 1.165) is 29.7 Å². The summed E-state index contributed by atoms with van der Waals surface area (Å²) in [5.74, 6) is 0.0855. The molecule has 1 heterocycles. The maximum atomic E-state index is 12.4. The molecule has 1 amide bonds. The van der Waals surface area contributed by atoms with E-state index >= 15 is 0 Å². The first-order chi connectivity index (χ1) is 9.15. The third kappa shape index (κ3) is 3.09. The van der Waals surface area contributed by atoms with E-state index in [-0.39, 0.29) is 18.6 Å². The minimum atomic E-state index is -0.281. The third-order valence-electron chi connectivity index (χ3n) is 3.49. The molecule has 19 heavy (non-hydrogen) atoms. The summed E-state index contributed by atoms with van der Waals surface area (Å²) in [4.78, 5) is 16.3. The second-order valence-electron chi connectivity index (χ2n) is 4.79. The number of anilines is 1. The largest absolute Gasteiger partial charge is 0.396 e. The Kier molecular flexibility index (Phi) is 4.82. The van der Waals surface area contributed by atoms with Crippen LogP contribution >= 0.6 is 15.9 Å². The summed E-state index contributed by atoms with van der Waals surface area (Å²) in [5.41, 5.74) is 1.02. The molecule has 2 rings (SSSR count). The Balaban J connectivity index is 2.35. The van der Waals surface area contributed by atoms with Gasteiger partial charge < -0.3 is 14.9 Å². The summed E-state index contributed by atoms with van der Waals surface area (Å²) in [6.07, 6.45) is 1.40. The summed E-state index contributed by atoms with van der Waals surface area (Å²) in [6.45, 7) is 1.61. The fourth-order valence-electron chi connectivity index (χ4n) is 2.51. The van der Waals surface area contributed by atoms with Crippen LogP contribution in [-0.4, -0.2) is 48.7 Å². The highest BCUT2D eigenvalue weighted by Gasteiger charge is 2.31. The highest BCUT2D eigenvalue weighted by atomic mass is 79.9. The first kappa shape index (κ1) is 14.3. The average molecular weight is 327 g/mol. The lowest BCUT2D eigenvalue weighted by molar-refractivity contribution is -0.131. The zero-order valence-corrected chi connectivity index (χ0v) is 12.6. The lowest BCUT2D eigenvalue weighted by Crippen LogP contribution is -2.45. The molecule has 1 unspecified atom stereocenters. The zero-order valence-electron chi connectivity index (χ0n) is 11.1. The Hall–Kier alpha value is -1.07. The van der Waals surface area contributed by atoms with E-state index in [1.54, 1.807) is 4.90 Å². The average Bonchev–Trinajstić information content (AvgIpc) is 2.53. The van der Waals surface area contributed by atoms with Crippen LogP contribution in [0.4, 0.5) is 5.69 Å². The quantitative estimate of drug-likeness (QED) is 0.922. The second-order valence-corrected chi connectivity index (χ2v) is 5.64. The highest BCUT2D eigenvalue weighted by molar-refractivity contribution is 9.10. The van der Waals surface area contributed by atoms with Crippen LogP contribution in [0.5, 0.6) is 0 Å². The lowest BCUT2D eigenvalue weighted by Gasteiger charge is -2.32. The van der Waals surface area contributed by atoms with E-state index in [4.69, 9.17) is 0 Å². The summed E-state index contributed by atoms with van der Waals surface area (Å²) in [5, 5.41) is 9.24. The smallest absolute Gasteiger partial charge is 0.245 e. The Labute approximate surface area is 122 Å². The number of carbonyl (C=O) groups excluding carboxylic acids is 1. The number of amides is 1. The number of benzene rings is 1. The van der Waals surface area contributed by atoms with Crippen molar-refractivity contribution in [3.63, 3.8) is 0 Å². The summed E-state index contributed by atoms with van der Waals surface area (Å²) in [6, 6.07) is 7.63. The Morgan fingerprint density at radius 3 is 2.79 bits per heavy atom. The molecule has 1 aliphatic heterocycles. The molecule has 0 radical (unpaired) electrons. The number of rotatable bonds is 3. The monoisotopic (exact) mass is 326 g/mol. The van der Waals surface area contributed by atoms with Gasteiger partial charge in [-0.05, 0) is 40.9 Å². The number of carbonyl (C=O) groups is 1. The number of hydrogen-bond acceptors (Lipinski definition) is 3. The van der Waals surface area contributed by atoms with Gasteiger partial charge in [0.2, 0.25) is 5.91 Å². The maximum absolute atomic E-state index is 12.4. The van der Waals surface area contributed by atoms with Crippen LogP contribution in [0.3, 0.4) is 0 Å². The van der Waals surface area contributed by atoms with E-state index in [1.807, 2.05) is 31.3 Å². The topological polar surface area (TPSA) is 43.8 Å². The van der Waals surface area contributed by atoms with Gasteiger partial charge >= 0.3 is 0 Å². The number of aliphatic hydroxyl groups is 1. The van der Waals surface area contributed by atoms with Gasteiger partial charge in [-0.2, -0.15) is 0 Å². The first-order valence-corrected chi connectivity index (χ1v) is 7.31. The van der Waals surface area contributed by atoms with Crippen molar-refractivity contribution in [1.82, 2.24) is 4.90 Å². The van der Waals surface area contributed by atoms with Crippen molar-refractivity contribution in [3.05, 3.63) is 28.7 Å². The molecule has 0 spiro atoms. The molecular formula is C14H19BrN2O2. The van der Waals surface area contributed by atoms with Gasteiger partial charge in [0, 0.05) is 31.2 Å². The number of hydrogen-bond donors (Lipinski definition) is 1. The van der Waals surface area contributed by atoms with E-state index in [9.17, 15) is 9.90 Å². The lowest BCUT2D eigenvalue weighted by atomic mass is 10.1. The van der Waals surface area contributed by atoms with Crippen molar-refractivity contribution in [3.8, 4) is 0 Å². The van der Waals surface area contributed by atoms with Gasteiger partial charge in [-0.1, -0.05) is 12.1 Å². The van der Waals surface area contributed by atoms with Gasteiger partial charge in [0.05, 0.1) is 5.69 Å². The predicted molar refractivity (Wildman–Crippen MR) is 79.2 cm³/mol. The Morgan fingerprint density at radius 1 is 1.37 bits per heavy atom. The molecule has 1 N–H and O–H groups in total. The van der Waals surface area contributed by atoms with Crippen LogP contribution in [0, 0.1) is 0 Å². The van der Waals surface area contributed by atoms with E-state index in [1.165, 1.54) is 0 Å². The molecule has 1 atom stereocenters. The van der Waals surface area contributed by atoms with Crippen LogP contribution in [0.2, 0.25) is 0 Å². The van der Waals surface area contributed by atoms with Crippen molar-refractivity contribution >= 4 is 27.5 Å². The number of aliphatic hydroxyl groups excluding tert-OH is 1. The van der Waals surface area contributed by atoms with E-state index in [0.29, 0.717) is 6.42 Å². The molecule has 1 aromatic rings. The molecule has 104 valence electrons. The van der Waals surface area contributed by atoms with Crippen LogP contribution in [0.1, 0.15) is 12.8 Å². The SMILES string of the molecule is CN1CCCN(c2ccccc2Br)C(CCO)C1=O. The molecule has 0 saturated carbocycles. The van der Waals surface area contributed by atoms with Crippen molar-refractivity contribution in [2.75, 3.05) is 31.6 Å². The maximum Gasteiger partial charge on any atom is 0.245 e. The number of nitrogens with zero attached hydrogens (tertiary/aromatic N) is 2. The summed E-state index contributed by atoms with van der Waals surface area (Å²) >= 11 is 3.54. The fraction of sp³-hybridized carbons (Fsp3) is 0.500. The van der Waals surface area contributed by atoms with Crippen molar-refractivity contribution in [2.45, 2.75) is 18.9 Å². The van der Waals surface area contributed by atoms with Crippen LogP contribution < -0.4 is 4.90 Å². The summed E-state index contributed by atoms with van der Waals surface area (Å²) in [7, 11) is 1.83. The molecule has 1 fully saturated rings. The minimum Gasteiger partial charge on any atom is -0.396 e. The predicted octanol–water partition coefficient (Wildman–Crippen LogP) is 1.87. The van der Waals surface area contributed by atoms with Crippen molar-refractivity contribution in [2.24, 2.45) is 0 Å². The molecule has 1 saturated heterocycles. The number of para-hydroxylation sites is 1. The highest BCUT2D eigenvalue weighted by Crippen LogP contribution is 2.29. The molecule has 0 aromatic heterocycles. The third-order valence-corrected chi connectivity index (χ3v) is 4.17. The Bertz CT molecular complexity index is 453. The van der Waals surface area contributed by atoms with Gasteiger partial charge in [-0.15, -0.1) is 0 Å². The van der Waals surface area contributed by atoms with Crippen LogP contribution in [0.15, 0.2) is 28.7 Å². The van der Waals surface area contributed by atoms with Gasteiger partial charge in [0.25, 0.3) is 0 Å². The van der Waals surface area contributed by atoms with Crippen molar-refractivity contribution in [1.29, 1.82) is 0 Å². The molecule has 1 aliphatic rings. The van der Waals surface area contributed by atoms with Gasteiger partial charge in [-0.25, -0.2) is 0 Å². The number of likely N-dealkylation sites (N-methyl/N-ethyl adjacent to an activating group) is 1. The number of halogens is 1. The molecule has 5 heteroatoms. The second kappa shape index (κ2) is 6.39. The van der Waals surface area contributed by atoms with Gasteiger partial charge in [0.1, 0.15) is 6.04 Å². The molecule has 4 nitrogen and oxygen atoms in total. The summed E-state index contributed by atoms with van der Waals surface area (Å²) < 4.78 is 0.982. The van der Waals surface area contributed by atoms with Crippen LogP contribution in [0.25, 0.3) is 0 Å². The first-order valence-electron chi connectivity index (χ1n) is 6.52. The zero-order chi connectivity index (χ0) is 13.8. The van der Waals surface area contributed by atoms with E-state index < -0.39 is 0 Å². The Morgan fingerprint density at radius 2 is 2.11 bits per heavy atom. The van der Waals surface area contributed by atoms with Gasteiger partial charge in [0.15, 0.2) is 0 Å². The van der Waals surface area contributed by atoms with E-state index in [2.05, 4.69) is 20.8 Å². The molecule has 1 aromatic carbocycles. The minimum absolute atomic E-state index is 0.0190. The fourth-order valence-corrected chi connectivity index (χ4v) is 3.02. The van der Waals surface area contributed by atoms with Gasteiger partial charge in [-0.3, -0.25) is 4.79 Å². The normalized spacial score (nSPS) is 20.6. The standard InChI is InChI=1S/C14H19BrN2O2/c1-16-8-4-9-17(13(7-10-18)14(16)19)12-6-3-2-5-11(12)15/h2-3,5-6,13,18H,4,7-10H2,1H3.